The van der Waals surface area contributed by atoms with Crippen LogP contribution in [-0.2, 0) is 11.2 Å². The van der Waals surface area contributed by atoms with Crippen LogP contribution in [0.3, 0.4) is 0 Å². The Labute approximate surface area is 217 Å². The molecule has 3 N–H and O–H groups in total. The molecule has 5 rings (SSSR count). The van der Waals surface area contributed by atoms with Gasteiger partial charge in [-0.05, 0) is 66.9 Å². The fraction of sp³-hybridized carbons (Fsp3) is 0.107. The van der Waals surface area contributed by atoms with Crippen molar-refractivity contribution in [2.24, 2.45) is 0 Å². The molecule has 2 amide bonds. The second kappa shape index (κ2) is 10.4. The molecule has 6 nitrogen and oxygen atoms in total. The predicted molar refractivity (Wildman–Crippen MR) is 144 cm³/mol. The van der Waals surface area contributed by atoms with Crippen molar-refractivity contribution < 1.29 is 9.59 Å². The number of benzene rings is 3. The van der Waals surface area contributed by atoms with Crippen molar-refractivity contribution in [3.8, 4) is 11.4 Å². The van der Waals surface area contributed by atoms with Gasteiger partial charge in [0.2, 0.25) is 5.91 Å². The van der Waals surface area contributed by atoms with Crippen molar-refractivity contribution in [1.29, 1.82) is 0 Å². The van der Waals surface area contributed by atoms with Crippen molar-refractivity contribution in [3.05, 3.63) is 100 Å². The zero-order valence-corrected chi connectivity index (χ0v) is 20.7. The molecule has 8 heteroatoms. The summed E-state index contributed by atoms with van der Waals surface area (Å²) in [4.78, 5) is 33.0. The molecule has 0 saturated carbocycles. The standard InChI is InChI=1S/C28H22Cl2N4O2/c29-19-7-3-6-18(15-19)28(36)34-33-26(35)10-4-8-21-22-16-20(30)12-14-24(22)32-27(21)25-13-11-17-5-1-2-9-23(17)31-25/h1-3,5-7,9,11-16,32H,4,8,10H2,(H,33,35)(H,34,36). The lowest BCUT2D eigenvalue weighted by atomic mass is 10.0. The highest BCUT2D eigenvalue weighted by atomic mass is 35.5. The molecule has 2 heterocycles. The summed E-state index contributed by atoms with van der Waals surface area (Å²) in [5.41, 5.74) is 9.92. The van der Waals surface area contributed by atoms with E-state index in [0.29, 0.717) is 28.5 Å². The third-order valence-electron chi connectivity index (χ3n) is 5.96. The Morgan fingerprint density at radius 2 is 1.69 bits per heavy atom. The summed E-state index contributed by atoms with van der Waals surface area (Å²) in [6, 6.07) is 24.3. The van der Waals surface area contributed by atoms with Gasteiger partial charge < -0.3 is 4.98 Å². The molecule has 0 spiro atoms. The lowest BCUT2D eigenvalue weighted by molar-refractivity contribution is -0.121. The van der Waals surface area contributed by atoms with E-state index in [9.17, 15) is 9.59 Å². The maximum atomic E-state index is 12.4. The number of nitrogens with one attached hydrogen (secondary N) is 3. The summed E-state index contributed by atoms with van der Waals surface area (Å²) in [6.45, 7) is 0. The molecular weight excluding hydrogens is 495 g/mol. The fourth-order valence-electron chi connectivity index (χ4n) is 4.22. The van der Waals surface area contributed by atoms with Crippen LogP contribution in [0.1, 0.15) is 28.8 Å². The SMILES string of the molecule is O=C(CCCc1c(-c2ccc3ccccc3n2)[nH]c2ccc(Cl)cc12)NNC(=O)c1cccc(Cl)c1. The monoisotopic (exact) mass is 516 g/mol. The highest BCUT2D eigenvalue weighted by Crippen LogP contribution is 2.33. The van der Waals surface area contributed by atoms with Crippen LogP contribution >= 0.6 is 23.2 Å². The number of pyridine rings is 1. The minimum atomic E-state index is -0.429. The Bertz CT molecular complexity index is 1600. The number of amides is 2. The number of para-hydroxylation sites is 1. The van der Waals surface area contributed by atoms with Crippen LogP contribution in [0.25, 0.3) is 33.2 Å². The molecule has 0 aliphatic rings. The van der Waals surface area contributed by atoms with Gasteiger partial charge in [0.15, 0.2) is 0 Å². The van der Waals surface area contributed by atoms with Crippen LogP contribution in [0.5, 0.6) is 0 Å². The van der Waals surface area contributed by atoms with Crippen LogP contribution in [0, 0.1) is 0 Å². The van der Waals surface area contributed by atoms with E-state index >= 15 is 0 Å². The van der Waals surface area contributed by atoms with Gasteiger partial charge in [0.25, 0.3) is 5.91 Å². The number of hydrogen-bond donors (Lipinski definition) is 3. The second-order valence-electron chi connectivity index (χ2n) is 8.42. The molecule has 180 valence electrons. The Kier molecular flexibility index (Phi) is 6.89. The smallest absolute Gasteiger partial charge is 0.269 e. The van der Waals surface area contributed by atoms with Gasteiger partial charge in [-0.15, -0.1) is 0 Å². The molecule has 0 bridgehead atoms. The number of rotatable bonds is 6. The number of aromatic amines is 1. The predicted octanol–water partition coefficient (Wildman–Crippen LogP) is 6.47. The van der Waals surface area contributed by atoms with Gasteiger partial charge >= 0.3 is 0 Å². The number of nitrogens with zero attached hydrogens (tertiary/aromatic N) is 1. The first-order chi connectivity index (χ1) is 17.5. The molecule has 0 unspecified atom stereocenters. The van der Waals surface area contributed by atoms with Gasteiger partial charge in [-0.3, -0.25) is 20.4 Å². The van der Waals surface area contributed by atoms with Crippen molar-refractivity contribution in [1.82, 2.24) is 20.8 Å². The molecule has 3 aromatic carbocycles. The number of halogens is 2. The van der Waals surface area contributed by atoms with Crippen molar-refractivity contribution in [2.75, 3.05) is 0 Å². The lowest BCUT2D eigenvalue weighted by Crippen LogP contribution is -2.41. The van der Waals surface area contributed by atoms with E-state index in [4.69, 9.17) is 28.2 Å². The molecule has 0 aliphatic heterocycles. The van der Waals surface area contributed by atoms with Crippen molar-refractivity contribution >= 4 is 56.8 Å². The van der Waals surface area contributed by atoms with Gasteiger partial charge in [-0.1, -0.05) is 53.5 Å². The first-order valence-corrected chi connectivity index (χ1v) is 12.2. The highest BCUT2D eigenvalue weighted by molar-refractivity contribution is 6.31. The first-order valence-electron chi connectivity index (χ1n) is 11.5. The summed E-state index contributed by atoms with van der Waals surface area (Å²) in [6.07, 6.45) is 1.42. The normalized spacial score (nSPS) is 11.1. The molecule has 2 aromatic heterocycles. The maximum Gasteiger partial charge on any atom is 0.269 e. The summed E-state index contributed by atoms with van der Waals surface area (Å²) in [5.74, 6) is -0.713. The zero-order chi connectivity index (χ0) is 25.1. The summed E-state index contributed by atoms with van der Waals surface area (Å²) in [7, 11) is 0. The zero-order valence-electron chi connectivity index (χ0n) is 19.1. The Balaban J connectivity index is 1.31. The number of fused-ring (bicyclic) bond motifs is 2. The van der Waals surface area contributed by atoms with E-state index in [1.165, 1.54) is 6.07 Å². The van der Waals surface area contributed by atoms with E-state index in [1.54, 1.807) is 18.2 Å². The van der Waals surface area contributed by atoms with Gasteiger partial charge in [0.05, 0.1) is 16.9 Å². The lowest BCUT2D eigenvalue weighted by Gasteiger charge is -2.09. The van der Waals surface area contributed by atoms with Gasteiger partial charge in [0, 0.05) is 38.3 Å². The van der Waals surface area contributed by atoms with Crippen LogP contribution in [0.15, 0.2) is 78.9 Å². The first kappa shape index (κ1) is 23.9. The molecule has 0 radical (unpaired) electrons. The second-order valence-corrected chi connectivity index (χ2v) is 9.30. The number of aromatic nitrogens is 2. The molecule has 36 heavy (non-hydrogen) atoms. The largest absolute Gasteiger partial charge is 0.353 e. The number of hydrogen-bond acceptors (Lipinski definition) is 3. The number of H-pyrrole nitrogens is 1. The van der Waals surface area contributed by atoms with E-state index in [1.807, 2.05) is 48.5 Å². The Hall–Kier alpha value is -3.87. The molecule has 0 saturated heterocycles. The average Bonchev–Trinajstić information content (AvgIpc) is 3.24. The van der Waals surface area contributed by atoms with Crippen LogP contribution in [0.2, 0.25) is 10.0 Å². The molecule has 0 fully saturated rings. The minimum absolute atomic E-state index is 0.230. The third-order valence-corrected chi connectivity index (χ3v) is 6.43. The molecule has 0 atom stereocenters. The topological polar surface area (TPSA) is 86.9 Å². The van der Waals surface area contributed by atoms with E-state index < -0.39 is 5.91 Å². The summed E-state index contributed by atoms with van der Waals surface area (Å²) >= 11 is 12.2. The quantitative estimate of drug-likeness (QED) is 0.226. The number of hydrazine groups is 1. The average molecular weight is 517 g/mol. The van der Waals surface area contributed by atoms with Crippen LogP contribution in [0.4, 0.5) is 0 Å². The molecular formula is C28H22Cl2N4O2. The molecule has 0 aliphatic carbocycles. The van der Waals surface area contributed by atoms with E-state index in [-0.39, 0.29) is 12.3 Å². The molecule has 5 aromatic rings. The van der Waals surface area contributed by atoms with Gasteiger partial charge in [0.1, 0.15) is 0 Å². The number of carbonyl (C=O) groups is 2. The van der Waals surface area contributed by atoms with Crippen LogP contribution in [-0.4, -0.2) is 21.8 Å². The fourth-order valence-corrected chi connectivity index (χ4v) is 4.58. The van der Waals surface area contributed by atoms with Crippen molar-refractivity contribution in [2.45, 2.75) is 19.3 Å². The van der Waals surface area contributed by atoms with E-state index in [0.717, 1.165) is 38.8 Å². The van der Waals surface area contributed by atoms with Gasteiger partial charge in [-0.25, -0.2) is 4.98 Å². The number of aryl methyl sites for hydroxylation is 1. The minimum Gasteiger partial charge on any atom is -0.353 e. The van der Waals surface area contributed by atoms with Gasteiger partial charge in [-0.2, -0.15) is 0 Å². The van der Waals surface area contributed by atoms with E-state index in [2.05, 4.69) is 21.9 Å². The highest BCUT2D eigenvalue weighted by Gasteiger charge is 2.16. The maximum absolute atomic E-state index is 12.4. The summed E-state index contributed by atoms with van der Waals surface area (Å²) < 4.78 is 0. The van der Waals surface area contributed by atoms with Crippen LogP contribution < -0.4 is 10.9 Å². The summed E-state index contributed by atoms with van der Waals surface area (Å²) in [5, 5.41) is 3.16. The third kappa shape index (κ3) is 5.20. The van der Waals surface area contributed by atoms with Crippen molar-refractivity contribution in [3.63, 3.8) is 0 Å². The number of carbonyl (C=O) groups excluding carboxylic acids is 2. The Morgan fingerprint density at radius 3 is 2.56 bits per heavy atom. The Morgan fingerprint density at radius 1 is 0.861 bits per heavy atom.